The Morgan fingerprint density at radius 1 is 0.719 bits per heavy atom. The minimum atomic E-state index is -0.529. The van der Waals surface area contributed by atoms with E-state index in [4.69, 9.17) is 14.2 Å². The molecule has 2 bridgehead atoms. The zero-order valence-corrected chi connectivity index (χ0v) is 18.0. The first kappa shape index (κ1) is 20.3. The van der Waals surface area contributed by atoms with Crippen molar-refractivity contribution in [2.45, 2.75) is 37.4 Å². The van der Waals surface area contributed by atoms with Crippen molar-refractivity contribution in [2.24, 2.45) is 0 Å². The van der Waals surface area contributed by atoms with Crippen molar-refractivity contribution in [3.05, 3.63) is 101 Å². The van der Waals surface area contributed by atoms with Gasteiger partial charge in [-0.25, -0.2) is 9.59 Å². The fourth-order valence-electron chi connectivity index (χ4n) is 4.89. The van der Waals surface area contributed by atoms with E-state index in [-0.39, 0.29) is 11.8 Å². The van der Waals surface area contributed by atoms with E-state index in [1.807, 2.05) is 31.2 Å². The average molecular weight is 428 g/mol. The molecule has 0 heterocycles. The van der Waals surface area contributed by atoms with Crippen LogP contribution in [0.15, 0.2) is 72.8 Å². The van der Waals surface area contributed by atoms with E-state index in [9.17, 15) is 9.59 Å². The van der Waals surface area contributed by atoms with E-state index in [1.165, 1.54) is 11.1 Å². The van der Waals surface area contributed by atoms with Crippen molar-refractivity contribution in [1.29, 1.82) is 0 Å². The van der Waals surface area contributed by atoms with Crippen LogP contribution in [0.1, 0.15) is 55.7 Å². The number of ether oxygens (including phenoxy) is 3. The third-order valence-electron chi connectivity index (χ3n) is 6.52. The molecule has 0 aliphatic heterocycles. The van der Waals surface area contributed by atoms with Crippen molar-refractivity contribution < 1.29 is 23.8 Å². The molecule has 0 amide bonds. The Hall–Kier alpha value is -3.60. The lowest BCUT2D eigenvalue weighted by Crippen LogP contribution is -2.39. The van der Waals surface area contributed by atoms with Crippen LogP contribution in [0.3, 0.4) is 0 Å². The van der Waals surface area contributed by atoms with Gasteiger partial charge in [0.25, 0.3) is 0 Å². The Kier molecular flexibility index (Phi) is 5.17. The fraction of sp³-hybridized carbons (Fsp3) is 0.259. The van der Waals surface area contributed by atoms with Crippen molar-refractivity contribution in [2.75, 3.05) is 7.11 Å². The van der Waals surface area contributed by atoms with Gasteiger partial charge in [-0.2, -0.15) is 0 Å². The van der Waals surface area contributed by atoms with Gasteiger partial charge in [-0.05, 0) is 60.9 Å². The number of benzene rings is 3. The standard InChI is InChI=1S/C27H24O5/c1-16-7-9-17(10-8-16)26(28)31-24-22-15-23(21-6-4-3-5-20(21)22)25(24)32-27(29)18-11-13-19(30-2)14-12-18/h3-14,22-25H,15H2,1-2H3/t22?,23?,24-,25+/m0/s1. The van der Waals surface area contributed by atoms with Crippen molar-refractivity contribution in [3.63, 3.8) is 0 Å². The monoisotopic (exact) mass is 428 g/mol. The molecule has 0 aromatic heterocycles. The van der Waals surface area contributed by atoms with Gasteiger partial charge in [0.15, 0.2) is 0 Å². The highest BCUT2D eigenvalue weighted by molar-refractivity contribution is 5.90. The summed E-state index contributed by atoms with van der Waals surface area (Å²) in [5.74, 6) is -0.140. The number of carbonyl (C=O) groups excluding carboxylic acids is 2. The zero-order valence-electron chi connectivity index (χ0n) is 18.0. The minimum absolute atomic E-state index is 0.00853. The smallest absolute Gasteiger partial charge is 0.338 e. The molecule has 2 aliphatic rings. The van der Waals surface area contributed by atoms with E-state index in [1.54, 1.807) is 43.5 Å². The molecule has 32 heavy (non-hydrogen) atoms. The average Bonchev–Trinajstić information content (AvgIpc) is 3.36. The maximum absolute atomic E-state index is 12.9. The second-order valence-electron chi connectivity index (χ2n) is 8.41. The SMILES string of the molecule is COc1ccc(C(=O)O[C@@H]2C3CC(c4ccccc43)[C@@H]2OC(=O)c2ccc(C)cc2)cc1. The highest BCUT2D eigenvalue weighted by atomic mass is 16.6. The molecule has 3 aromatic carbocycles. The van der Waals surface area contributed by atoms with Gasteiger partial charge in [-0.1, -0.05) is 42.0 Å². The number of hydrogen-bond donors (Lipinski definition) is 0. The van der Waals surface area contributed by atoms with Gasteiger partial charge in [0, 0.05) is 11.8 Å². The predicted molar refractivity (Wildman–Crippen MR) is 119 cm³/mol. The molecule has 2 aliphatic carbocycles. The summed E-state index contributed by atoms with van der Waals surface area (Å²) in [6.45, 7) is 1.97. The Labute approximate surface area is 186 Å². The molecule has 1 fully saturated rings. The molecule has 1 saturated carbocycles. The molecule has 3 aromatic rings. The molecule has 162 valence electrons. The summed E-state index contributed by atoms with van der Waals surface area (Å²) in [7, 11) is 1.58. The van der Waals surface area contributed by atoms with E-state index in [0.29, 0.717) is 16.9 Å². The maximum Gasteiger partial charge on any atom is 0.338 e. The predicted octanol–water partition coefficient (Wildman–Crippen LogP) is 5.04. The van der Waals surface area contributed by atoms with Crippen LogP contribution < -0.4 is 4.74 Å². The van der Waals surface area contributed by atoms with Crippen LogP contribution in [0, 0.1) is 6.92 Å². The van der Waals surface area contributed by atoms with Gasteiger partial charge in [-0.15, -0.1) is 0 Å². The van der Waals surface area contributed by atoms with Crippen LogP contribution in [-0.2, 0) is 9.47 Å². The third-order valence-corrected chi connectivity index (χ3v) is 6.52. The quantitative estimate of drug-likeness (QED) is 0.533. The van der Waals surface area contributed by atoms with E-state index in [0.717, 1.165) is 12.0 Å². The Morgan fingerprint density at radius 3 is 1.66 bits per heavy atom. The van der Waals surface area contributed by atoms with Crippen LogP contribution in [0.4, 0.5) is 0 Å². The second kappa shape index (κ2) is 8.15. The Morgan fingerprint density at radius 2 is 1.19 bits per heavy atom. The molecule has 0 N–H and O–H groups in total. The zero-order chi connectivity index (χ0) is 22.2. The van der Waals surface area contributed by atoms with Gasteiger partial charge in [0.05, 0.1) is 18.2 Å². The molecular weight excluding hydrogens is 404 g/mol. The first-order chi connectivity index (χ1) is 15.5. The van der Waals surface area contributed by atoms with E-state index < -0.39 is 24.1 Å². The van der Waals surface area contributed by atoms with Gasteiger partial charge in [0.1, 0.15) is 18.0 Å². The van der Waals surface area contributed by atoms with Crippen LogP contribution in [0.2, 0.25) is 0 Å². The molecule has 0 radical (unpaired) electrons. The Bertz CT molecular complexity index is 1150. The van der Waals surface area contributed by atoms with Crippen LogP contribution in [0.5, 0.6) is 5.75 Å². The Balaban J connectivity index is 1.41. The summed E-state index contributed by atoms with van der Waals surface area (Å²) in [5.41, 5.74) is 4.35. The molecule has 5 nitrogen and oxygen atoms in total. The molecule has 2 unspecified atom stereocenters. The summed E-state index contributed by atoms with van der Waals surface area (Å²) in [5, 5.41) is 0. The minimum Gasteiger partial charge on any atom is -0.497 e. The van der Waals surface area contributed by atoms with Crippen LogP contribution >= 0.6 is 0 Å². The lowest BCUT2D eigenvalue weighted by atomic mass is 9.87. The highest BCUT2D eigenvalue weighted by Crippen LogP contribution is 2.55. The molecule has 5 heteroatoms. The van der Waals surface area contributed by atoms with E-state index in [2.05, 4.69) is 12.1 Å². The van der Waals surface area contributed by atoms with Crippen molar-refractivity contribution in [3.8, 4) is 5.75 Å². The van der Waals surface area contributed by atoms with Crippen LogP contribution in [0.25, 0.3) is 0 Å². The fourth-order valence-corrected chi connectivity index (χ4v) is 4.89. The second-order valence-corrected chi connectivity index (χ2v) is 8.41. The number of hydrogen-bond acceptors (Lipinski definition) is 5. The summed E-state index contributed by atoms with van der Waals surface area (Å²) >= 11 is 0. The van der Waals surface area contributed by atoms with Crippen molar-refractivity contribution >= 4 is 11.9 Å². The number of fused-ring (bicyclic) bond motifs is 5. The third kappa shape index (κ3) is 3.54. The van der Waals surface area contributed by atoms with Gasteiger partial charge >= 0.3 is 11.9 Å². The summed E-state index contributed by atoms with van der Waals surface area (Å²) < 4.78 is 17.1. The first-order valence-electron chi connectivity index (χ1n) is 10.8. The molecule has 0 saturated heterocycles. The van der Waals surface area contributed by atoms with Crippen LogP contribution in [-0.4, -0.2) is 31.3 Å². The number of carbonyl (C=O) groups is 2. The maximum atomic E-state index is 12.9. The lowest BCUT2D eigenvalue weighted by Gasteiger charge is -2.32. The molecule has 0 spiro atoms. The van der Waals surface area contributed by atoms with Gasteiger partial charge in [-0.3, -0.25) is 0 Å². The largest absolute Gasteiger partial charge is 0.497 e. The van der Waals surface area contributed by atoms with Gasteiger partial charge in [0.2, 0.25) is 0 Å². The summed E-state index contributed by atoms with van der Waals surface area (Å²) in [6, 6.07) is 22.2. The molecule has 4 atom stereocenters. The number of aryl methyl sites for hydroxylation is 1. The number of methoxy groups -OCH3 is 1. The van der Waals surface area contributed by atoms with Gasteiger partial charge < -0.3 is 14.2 Å². The van der Waals surface area contributed by atoms with Crippen molar-refractivity contribution in [1.82, 2.24) is 0 Å². The number of rotatable bonds is 5. The summed E-state index contributed by atoms with van der Waals surface area (Å²) in [4.78, 5) is 25.8. The number of esters is 2. The highest BCUT2D eigenvalue weighted by Gasteiger charge is 2.55. The topological polar surface area (TPSA) is 61.8 Å². The lowest BCUT2D eigenvalue weighted by molar-refractivity contribution is -0.0348. The molecule has 5 rings (SSSR count). The van der Waals surface area contributed by atoms with E-state index >= 15 is 0 Å². The molecular formula is C27H24O5. The normalized spacial score (nSPS) is 22.8. The first-order valence-corrected chi connectivity index (χ1v) is 10.8. The summed E-state index contributed by atoms with van der Waals surface area (Å²) in [6.07, 6.45) is -0.254.